The van der Waals surface area contributed by atoms with Crippen molar-refractivity contribution in [1.29, 1.82) is 0 Å². The van der Waals surface area contributed by atoms with Crippen LogP contribution in [0.15, 0.2) is 30.4 Å². The number of carbonyl (C=O) groups is 3. The van der Waals surface area contributed by atoms with E-state index in [0.717, 1.165) is 12.2 Å². The largest absolute Gasteiger partial charge is 0.495 e. The third-order valence-electron chi connectivity index (χ3n) is 2.42. The van der Waals surface area contributed by atoms with Gasteiger partial charge in [-0.1, -0.05) is 11.6 Å². The minimum atomic E-state index is -0.841. The normalized spacial score (nSPS) is 10.2. The van der Waals surface area contributed by atoms with E-state index in [9.17, 15) is 14.4 Å². The van der Waals surface area contributed by atoms with Crippen molar-refractivity contribution >= 4 is 35.1 Å². The van der Waals surface area contributed by atoms with Gasteiger partial charge in [-0.2, -0.15) is 0 Å². The summed E-state index contributed by atoms with van der Waals surface area (Å²) in [6.45, 7) is 1.31. The zero-order chi connectivity index (χ0) is 17.2. The highest BCUT2D eigenvalue weighted by atomic mass is 35.5. The van der Waals surface area contributed by atoms with Crippen LogP contribution in [0.2, 0.25) is 5.02 Å². The van der Waals surface area contributed by atoms with Crippen LogP contribution in [-0.4, -0.2) is 38.2 Å². The predicted molar refractivity (Wildman–Crippen MR) is 83.4 cm³/mol. The molecular weight excluding hydrogens is 326 g/mol. The molecule has 0 aliphatic rings. The van der Waals surface area contributed by atoms with Crippen molar-refractivity contribution in [1.82, 2.24) is 0 Å². The molecule has 23 heavy (non-hydrogen) atoms. The highest BCUT2D eigenvalue weighted by Crippen LogP contribution is 2.27. The molecule has 0 bridgehead atoms. The van der Waals surface area contributed by atoms with Crippen LogP contribution < -0.4 is 10.1 Å². The Hall–Kier alpha value is -2.54. The Morgan fingerprint density at radius 2 is 1.83 bits per heavy atom. The molecule has 124 valence electrons. The van der Waals surface area contributed by atoms with Gasteiger partial charge in [0.25, 0.3) is 5.91 Å². The van der Waals surface area contributed by atoms with Crippen molar-refractivity contribution in [2.45, 2.75) is 6.92 Å². The van der Waals surface area contributed by atoms with Crippen LogP contribution in [0, 0.1) is 0 Å². The zero-order valence-corrected chi connectivity index (χ0v) is 13.4. The monoisotopic (exact) mass is 341 g/mol. The molecule has 0 unspecified atom stereocenters. The van der Waals surface area contributed by atoms with Crippen LogP contribution >= 0.6 is 11.6 Å². The van der Waals surface area contributed by atoms with E-state index >= 15 is 0 Å². The van der Waals surface area contributed by atoms with E-state index < -0.39 is 24.5 Å². The molecule has 0 spiro atoms. The van der Waals surface area contributed by atoms with Gasteiger partial charge >= 0.3 is 11.9 Å². The van der Waals surface area contributed by atoms with Crippen LogP contribution in [0.25, 0.3) is 0 Å². The standard InChI is InChI=1S/C15H16ClNO6/c1-3-22-14(19)6-7-15(20)23-9-13(18)17-11-8-10(16)4-5-12(11)21-2/h4-8H,3,9H2,1-2H3,(H,17,18)/b7-6+. The first-order valence-electron chi connectivity index (χ1n) is 6.61. The molecule has 0 saturated carbocycles. The van der Waals surface area contributed by atoms with E-state index in [0.29, 0.717) is 16.5 Å². The number of rotatable bonds is 7. The van der Waals surface area contributed by atoms with E-state index in [1.54, 1.807) is 19.1 Å². The van der Waals surface area contributed by atoms with Crippen molar-refractivity contribution in [3.63, 3.8) is 0 Å². The lowest BCUT2D eigenvalue weighted by molar-refractivity contribution is -0.143. The summed E-state index contributed by atoms with van der Waals surface area (Å²) in [6, 6.07) is 4.70. The van der Waals surface area contributed by atoms with E-state index in [1.807, 2.05) is 0 Å². The average Bonchev–Trinajstić information content (AvgIpc) is 2.51. The Labute approximate surface area is 138 Å². The molecule has 1 amide bonds. The SMILES string of the molecule is CCOC(=O)/C=C/C(=O)OCC(=O)Nc1cc(Cl)ccc1OC. The number of anilines is 1. The maximum atomic E-state index is 11.7. The Bertz CT molecular complexity index is 614. The summed E-state index contributed by atoms with van der Waals surface area (Å²) in [5.74, 6) is -1.68. The third-order valence-corrected chi connectivity index (χ3v) is 2.66. The summed E-state index contributed by atoms with van der Waals surface area (Å²) >= 11 is 5.84. The van der Waals surface area contributed by atoms with Gasteiger partial charge in [-0.25, -0.2) is 9.59 Å². The molecule has 7 nitrogen and oxygen atoms in total. The maximum absolute atomic E-state index is 11.7. The Morgan fingerprint density at radius 3 is 2.43 bits per heavy atom. The lowest BCUT2D eigenvalue weighted by Crippen LogP contribution is -2.20. The number of methoxy groups -OCH3 is 1. The zero-order valence-electron chi connectivity index (χ0n) is 12.6. The minimum Gasteiger partial charge on any atom is -0.495 e. The van der Waals surface area contributed by atoms with Crippen LogP contribution in [0.1, 0.15) is 6.92 Å². The Balaban J connectivity index is 2.50. The molecule has 0 atom stereocenters. The van der Waals surface area contributed by atoms with Crippen LogP contribution in [0.4, 0.5) is 5.69 Å². The first kappa shape index (κ1) is 18.5. The predicted octanol–water partition coefficient (Wildman–Crippen LogP) is 1.95. The maximum Gasteiger partial charge on any atom is 0.331 e. The van der Waals surface area contributed by atoms with Gasteiger partial charge in [-0.3, -0.25) is 4.79 Å². The molecule has 1 aromatic rings. The third kappa shape index (κ3) is 6.84. The van der Waals surface area contributed by atoms with E-state index in [1.165, 1.54) is 13.2 Å². The van der Waals surface area contributed by atoms with Crippen LogP contribution in [0.3, 0.4) is 0 Å². The Morgan fingerprint density at radius 1 is 1.17 bits per heavy atom. The summed E-state index contributed by atoms with van der Waals surface area (Å²) in [7, 11) is 1.44. The number of benzene rings is 1. The topological polar surface area (TPSA) is 90.9 Å². The van der Waals surface area contributed by atoms with Gasteiger partial charge in [-0.05, 0) is 25.1 Å². The molecule has 8 heteroatoms. The molecule has 0 saturated heterocycles. The second kappa shape index (κ2) is 9.47. The summed E-state index contributed by atoms with van der Waals surface area (Å²) in [5.41, 5.74) is 0.350. The second-order valence-electron chi connectivity index (χ2n) is 4.09. The summed E-state index contributed by atoms with van der Waals surface area (Å²) < 4.78 is 14.4. The van der Waals surface area contributed by atoms with E-state index in [2.05, 4.69) is 14.8 Å². The van der Waals surface area contributed by atoms with Crippen molar-refractivity contribution in [3.8, 4) is 5.75 Å². The number of hydrogen-bond donors (Lipinski definition) is 1. The van der Waals surface area contributed by atoms with Gasteiger partial charge in [0.2, 0.25) is 0 Å². The van der Waals surface area contributed by atoms with E-state index in [-0.39, 0.29) is 6.61 Å². The lowest BCUT2D eigenvalue weighted by Gasteiger charge is -2.10. The van der Waals surface area contributed by atoms with Crippen LogP contribution in [-0.2, 0) is 23.9 Å². The van der Waals surface area contributed by atoms with Gasteiger partial charge in [-0.15, -0.1) is 0 Å². The molecule has 0 aliphatic heterocycles. The van der Waals surface area contributed by atoms with E-state index in [4.69, 9.17) is 16.3 Å². The number of ether oxygens (including phenoxy) is 3. The minimum absolute atomic E-state index is 0.197. The van der Waals surface area contributed by atoms with Gasteiger partial charge in [0.05, 0.1) is 19.4 Å². The molecular formula is C15H16ClNO6. The first-order chi connectivity index (χ1) is 11.0. The number of nitrogens with one attached hydrogen (secondary N) is 1. The fourth-order valence-corrected chi connectivity index (χ4v) is 1.65. The smallest absolute Gasteiger partial charge is 0.331 e. The van der Waals surface area contributed by atoms with Crippen molar-refractivity contribution in [2.75, 3.05) is 25.6 Å². The van der Waals surface area contributed by atoms with Crippen molar-refractivity contribution in [2.24, 2.45) is 0 Å². The fourth-order valence-electron chi connectivity index (χ4n) is 1.48. The van der Waals surface area contributed by atoms with Crippen LogP contribution in [0.5, 0.6) is 5.75 Å². The van der Waals surface area contributed by atoms with Gasteiger partial charge in [0, 0.05) is 17.2 Å². The molecule has 0 heterocycles. The quantitative estimate of drug-likeness (QED) is 0.602. The number of hydrogen-bond acceptors (Lipinski definition) is 6. The first-order valence-corrected chi connectivity index (χ1v) is 6.99. The highest BCUT2D eigenvalue weighted by Gasteiger charge is 2.10. The lowest BCUT2D eigenvalue weighted by atomic mass is 10.3. The number of carbonyl (C=O) groups excluding carboxylic acids is 3. The fraction of sp³-hybridized carbons (Fsp3) is 0.267. The number of esters is 2. The Kier molecular flexibility index (Phi) is 7.62. The summed E-state index contributed by atoms with van der Waals surface area (Å²) in [6.07, 6.45) is 1.80. The van der Waals surface area contributed by atoms with Gasteiger partial charge in [0.1, 0.15) is 5.75 Å². The van der Waals surface area contributed by atoms with Gasteiger partial charge < -0.3 is 19.5 Å². The van der Waals surface area contributed by atoms with Gasteiger partial charge in [0.15, 0.2) is 6.61 Å². The van der Waals surface area contributed by atoms with Crippen molar-refractivity contribution in [3.05, 3.63) is 35.4 Å². The summed E-state index contributed by atoms with van der Waals surface area (Å²) in [4.78, 5) is 34.1. The average molecular weight is 342 g/mol. The highest BCUT2D eigenvalue weighted by molar-refractivity contribution is 6.31. The molecule has 1 aromatic carbocycles. The molecule has 0 fully saturated rings. The molecule has 0 aromatic heterocycles. The molecule has 1 N–H and O–H groups in total. The molecule has 0 aliphatic carbocycles. The van der Waals surface area contributed by atoms with Crippen molar-refractivity contribution < 1.29 is 28.6 Å². The number of amides is 1. The summed E-state index contributed by atoms with van der Waals surface area (Å²) in [5, 5.41) is 2.91. The molecule has 0 radical (unpaired) electrons. The molecule has 1 rings (SSSR count). The number of halogens is 1. The second-order valence-corrected chi connectivity index (χ2v) is 4.52.